The molecule has 0 aliphatic carbocycles. The normalized spacial score (nSPS) is 34.7. The van der Waals surface area contributed by atoms with Gasteiger partial charge in [0.05, 0.1) is 20.3 Å². The number of hydrogen-bond acceptors (Lipinski definition) is 4. The Bertz CT molecular complexity index is 455. The van der Waals surface area contributed by atoms with Gasteiger partial charge in [-0.05, 0) is 31.2 Å². The zero-order valence-electron chi connectivity index (χ0n) is 10.5. The van der Waals surface area contributed by atoms with Gasteiger partial charge in [-0.2, -0.15) is 0 Å². The van der Waals surface area contributed by atoms with Gasteiger partial charge in [-0.15, -0.1) is 23.4 Å². The summed E-state index contributed by atoms with van der Waals surface area (Å²) in [6.45, 7) is 3.63. The number of fused-ring (bicyclic) bond motifs is 1. The minimum absolute atomic E-state index is 0.314. The molecule has 0 N–H and O–H groups in total. The van der Waals surface area contributed by atoms with Gasteiger partial charge in [-0.25, -0.2) is 0 Å². The van der Waals surface area contributed by atoms with Gasteiger partial charge in [0.2, 0.25) is 0 Å². The quantitative estimate of drug-likeness (QED) is 0.779. The lowest BCUT2D eigenvalue weighted by Crippen LogP contribution is -2.76. The summed E-state index contributed by atoms with van der Waals surface area (Å²) in [5.74, 6) is 1.83. The Morgan fingerprint density at radius 2 is 2.11 bits per heavy atom. The Hall–Kier alpha value is -0.580. The fourth-order valence-electron chi connectivity index (χ4n) is 2.52. The Kier molecular flexibility index (Phi) is 2.92. The number of hydrogen-bond donors (Lipinski definition) is 0. The highest BCUT2D eigenvalue weighted by atomic mass is 35.5. The summed E-state index contributed by atoms with van der Waals surface area (Å²) < 4.78 is 10.8. The zero-order chi connectivity index (χ0) is 12.8. The van der Waals surface area contributed by atoms with E-state index in [2.05, 4.69) is 11.8 Å². The van der Waals surface area contributed by atoms with Crippen molar-refractivity contribution in [3.63, 3.8) is 0 Å². The van der Waals surface area contributed by atoms with Crippen LogP contribution in [0, 0.1) is 0 Å². The molecule has 0 bridgehead atoms. The van der Waals surface area contributed by atoms with Crippen molar-refractivity contribution < 1.29 is 9.47 Å². The molecular weight excluding hydrogens is 270 g/mol. The number of nitrogens with zero attached hydrogens (tertiary/aromatic N) is 1. The van der Waals surface area contributed by atoms with Gasteiger partial charge in [0, 0.05) is 11.4 Å². The van der Waals surface area contributed by atoms with Gasteiger partial charge < -0.3 is 14.4 Å². The van der Waals surface area contributed by atoms with Gasteiger partial charge in [-0.3, -0.25) is 0 Å². The summed E-state index contributed by atoms with van der Waals surface area (Å²) in [6, 6.07) is 8.01. The monoisotopic (exact) mass is 285 g/mol. The lowest BCUT2D eigenvalue weighted by Gasteiger charge is -2.63. The molecule has 1 aromatic rings. The minimum atomic E-state index is -0.411. The number of alkyl halides is 1. The summed E-state index contributed by atoms with van der Waals surface area (Å²) in [7, 11) is 1.67. The molecule has 2 atom stereocenters. The second-order valence-corrected chi connectivity index (χ2v) is 6.96. The Morgan fingerprint density at radius 1 is 1.39 bits per heavy atom. The molecule has 0 aromatic heterocycles. The second kappa shape index (κ2) is 4.22. The van der Waals surface area contributed by atoms with Gasteiger partial charge >= 0.3 is 0 Å². The molecule has 2 fully saturated rings. The summed E-state index contributed by atoms with van der Waals surface area (Å²) in [4.78, 5) is 2.21. The van der Waals surface area contributed by atoms with Crippen LogP contribution in [0.15, 0.2) is 24.3 Å². The summed E-state index contributed by atoms with van der Waals surface area (Å²) in [6.07, 6.45) is 0. The Labute approximate surface area is 116 Å². The Balaban J connectivity index is 1.85. The molecule has 18 heavy (non-hydrogen) atoms. The highest BCUT2D eigenvalue weighted by Crippen LogP contribution is 2.56. The average Bonchev–Trinajstić information content (AvgIpc) is 2.39. The SMILES string of the molecule is COc1ccc(N2C[C@]3(Cl)SCCO[C@]23C)cc1. The van der Waals surface area contributed by atoms with E-state index in [1.165, 1.54) is 0 Å². The van der Waals surface area contributed by atoms with E-state index < -0.39 is 5.72 Å². The summed E-state index contributed by atoms with van der Waals surface area (Å²) in [5.41, 5.74) is 0.712. The number of benzene rings is 1. The number of halogens is 1. The first-order chi connectivity index (χ1) is 8.59. The standard InChI is InChI=1S/C13H16ClNO2S/c1-12-13(14,18-8-7-17-12)9-15(12)10-3-5-11(16-2)6-4-10/h3-6H,7-9H2,1-2H3/t12-,13-/m0/s1. The third-order valence-corrected chi connectivity index (χ3v) is 5.88. The van der Waals surface area contributed by atoms with E-state index in [0.717, 1.165) is 30.3 Å². The van der Waals surface area contributed by atoms with Crippen molar-refractivity contribution in [2.75, 3.05) is 30.9 Å². The molecule has 0 spiro atoms. The van der Waals surface area contributed by atoms with E-state index in [1.807, 2.05) is 24.3 Å². The fourth-order valence-corrected chi connectivity index (χ4v) is 4.18. The second-order valence-electron chi connectivity index (χ2n) is 4.69. The molecular formula is C13H16ClNO2S. The van der Waals surface area contributed by atoms with E-state index in [9.17, 15) is 0 Å². The molecule has 2 aliphatic rings. The molecule has 3 rings (SSSR count). The average molecular weight is 286 g/mol. The van der Waals surface area contributed by atoms with Crippen LogP contribution < -0.4 is 9.64 Å². The number of anilines is 1. The van der Waals surface area contributed by atoms with Gasteiger partial charge in [0.15, 0.2) is 9.93 Å². The van der Waals surface area contributed by atoms with Crippen LogP contribution in [0.3, 0.4) is 0 Å². The molecule has 1 aromatic carbocycles. The minimum Gasteiger partial charge on any atom is -0.497 e. The van der Waals surface area contributed by atoms with Crippen LogP contribution in [0.2, 0.25) is 0 Å². The molecule has 0 radical (unpaired) electrons. The van der Waals surface area contributed by atoms with Crippen molar-refractivity contribution in [1.29, 1.82) is 0 Å². The highest BCUT2D eigenvalue weighted by Gasteiger charge is 2.64. The maximum absolute atomic E-state index is 6.63. The molecule has 2 heterocycles. The van der Waals surface area contributed by atoms with E-state index in [-0.39, 0.29) is 4.21 Å². The van der Waals surface area contributed by atoms with Crippen molar-refractivity contribution >= 4 is 29.1 Å². The smallest absolute Gasteiger partial charge is 0.168 e. The van der Waals surface area contributed by atoms with Crippen molar-refractivity contribution in [2.45, 2.75) is 16.9 Å². The van der Waals surface area contributed by atoms with Crippen LogP contribution in [0.25, 0.3) is 0 Å². The van der Waals surface area contributed by atoms with Crippen LogP contribution in [0.4, 0.5) is 5.69 Å². The van der Waals surface area contributed by atoms with Crippen LogP contribution in [0.5, 0.6) is 5.75 Å². The van der Waals surface area contributed by atoms with Crippen molar-refractivity contribution in [3.05, 3.63) is 24.3 Å². The third-order valence-electron chi connectivity index (χ3n) is 3.75. The largest absolute Gasteiger partial charge is 0.497 e. The maximum Gasteiger partial charge on any atom is 0.168 e. The van der Waals surface area contributed by atoms with Crippen molar-refractivity contribution in [3.8, 4) is 5.75 Å². The third kappa shape index (κ3) is 1.63. The molecule has 2 aliphatic heterocycles. The molecule has 0 saturated carbocycles. The molecule has 5 heteroatoms. The maximum atomic E-state index is 6.63. The van der Waals surface area contributed by atoms with Crippen molar-refractivity contribution in [1.82, 2.24) is 0 Å². The van der Waals surface area contributed by atoms with Crippen LogP contribution in [-0.2, 0) is 4.74 Å². The summed E-state index contributed by atoms with van der Waals surface area (Å²) in [5, 5.41) is 0. The lowest BCUT2D eigenvalue weighted by atomic mass is 9.96. The highest BCUT2D eigenvalue weighted by molar-refractivity contribution is 8.02. The van der Waals surface area contributed by atoms with E-state index in [0.29, 0.717) is 0 Å². The molecule has 0 amide bonds. The predicted molar refractivity (Wildman–Crippen MR) is 75.7 cm³/mol. The predicted octanol–water partition coefficient (Wildman–Crippen LogP) is 2.93. The molecule has 0 unspecified atom stereocenters. The van der Waals surface area contributed by atoms with E-state index in [4.69, 9.17) is 21.1 Å². The molecule has 98 valence electrons. The fraction of sp³-hybridized carbons (Fsp3) is 0.538. The first kappa shape index (κ1) is 12.5. The summed E-state index contributed by atoms with van der Waals surface area (Å²) >= 11 is 8.42. The van der Waals surface area contributed by atoms with Gasteiger partial charge in [-0.1, -0.05) is 0 Å². The topological polar surface area (TPSA) is 21.7 Å². The van der Waals surface area contributed by atoms with E-state index in [1.54, 1.807) is 18.9 Å². The number of thioether (sulfide) groups is 1. The van der Waals surface area contributed by atoms with Crippen LogP contribution in [0.1, 0.15) is 6.92 Å². The van der Waals surface area contributed by atoms with Gasteiger partial charge in [0.25, 0.3) is 0 Å². The number of methoxy groups -OCH3 is 1. The zero-order valence-corrected chi connectivity index (χ0v) is 12.1. The Morgan fingerprint density at radius 3 is 2.72 bits per heavy atom. The molecule has 2 saturated heterocycles. The van der Waals surface area contributed by atoms with Crippen LogP contribution >= 0.6 is 23.4 Å². The van der Waals surface area contributed by atoms with Crippen LogP contribution in [-0.4, -0.2) is 35.9 Å². The first-order valence-electron chi connectivity index (χ1n) is 5.98. The van der Waals surface area contributed by atoms with E-state index >= 15 is 0 Å². The number of rotatable bonds is 2. The first-order valence-corrected chi connectivity index (χ1v) is 7.34. The van der Waals surface area contributed by atoms with Gasteiger partial charge in [0.1, 0.15) is 5.75 Å². The van der Waals surface area contributed by atoms with Crippen molar-refractivity contribution in [2.24, 2.45) is 0 Å². The lowest BCUT2D eigenvalue weighted by molar-refractivity contribution is -0.0781. The molecule has 3 nitrogen and oxygen atoms in total. The number of ether oxygens (including phenoxy) is 2.